The molecule has 0 aromatic rings. The maximum absolute atomic E-state index is 11.5. The van der Waals surface area contributed by atoms with Gasteiger partial charge in [0.15, 0.2) is 12.4 Å². The van der Waals surface area contributed by atoms with Crippen molar-refractivity contribution in [2.75, 3.05) is 13.2 Å². The molecule has 2 atom stereocenters. The highest BCUT2D eigenvalue weighted by Gasteiger charge is 2.22. The van der Waals surface area contributed by atoms with Crippen molar-refractivity contribution in [3.05, 3.63) is 0 Å². The minimum Gasteiger partial charge on any atom is -0.464 e. The van der Waals surface area contributed by atoms with Crippen LogP contribution in [0.2, 0.25) is 0 Å². The normalized spacial score (nSPS) is 23.1. The van der Waals surface area contributed by atoms with Gasteiger partial charge in [-0.25, -0.2) is 4.79 Å². The van der Waals surface area contributed by atoms with E-state index >= 15 is 0 Å². The number of hydrogen-bond donors (Lipinski definition) is 0. The number of rotatable bonds is 5. The molecule has 0 aromatic heterocycles. The van der Waals surface area contributed by atoms with E-state index < -0.39 is 6.10 Å². The maximum Gasteiger partial charge on any atom is 0.335 e. The van der Waals surface area contributed by atoms with Crippen LogP contribution in [0.1, 0.15) is 40.0 Å². The van der Waals surface area contributed by atoms with Crippen LogP contribution < -0.4 is 0 Å². The van der Waals surface area contributed by atoms with Gasteiger partial charge in [0.2, 0.25) is 0 Å². The molecule has 4 nitrogen and oxygen atoms in total. The summed E-state index contributed by atoms with van der Waals surface area (Å²) in [5.74, 6) is 0.0463. The van der Waals surface area contributed by atoms with Crippen molar-refractivity contribution in [1.82, 2.24) is 0 Å². The Morgan fingerprint density at radius 2 is 2.12 bits per heavy atom. The van der Waals surface area contributed by atoms with Gasteiger partial charge in [0, 0.05) is 6.61 Å². The Morgan fingerprint density at radius 1 is 1.38 bits per heavy atom. The fourth-order valence-corrected chi connectivity index (χ4v) is 1.47. The summed E-state index contributed by atoms with van der Waals surface area (Å²) in [5, 5.41) is 0. The Kier molecular flexibility index (Phi) is 5.77. The molecule has 16 heavy (non-hydrogen) atoms. The van der Waals surface area contributed by atoms with Crippen LogP contribution >= 0.6 is 0 Å². The zero-order chi connectivity index (χ0) is 12.0. The highest BCUT2D eigenvalue weighted by molar-refractivity contribution is 5.74. The molecular weight excluding hydrogens is 208 g/mol. The molecule has 0 N–H and O–H groups in total. The van der Waals surface area contributed by atoms with Crippen LogP contribution in [0.15, 0.2) is 0 Å². The van der Waals surface area contributed by atoms with Gasteiger partial charge in [-0.15, -0.1) is 0 Å². The molecule has 1 aliphatic rings. The Hall–Kier alpha value is -0.610. The van der Waals surface area contributed by atoms with Gasteiger partial charge in [-0.3, -0.25) is 0 Å². The lowest BCUT2D eigenvalue weighted by Crippen LogP contribution is -2.32. The van der Waals surface area contributed by atoms with Gasteiger partial charge in [0.1, 0.15) is 0 Å². The predicted molar refractivity (Wildman–Crippen MR) is 59.9 cm³/mol. The molecule has 1 fully saturated rings. The maximum atomic E-state index is 11.5. The molecule has 0 amide bonds. The van der Waals surface area contributed by atoms with Crippen LogP contribution in [0.25, 0.3) is 0 Å². The minimum absolute atomic E-state index is 0.240. The number of esters is 1. The second kappa shape index (κ2) is 6.86. The summed E-state index contributed by atoms with van der Waals surface area (Å²) in [6.07, 6.45) is 2.25. The Balaban J connectivity index is 2.21. The van der Waals surface area contributed by atoms with Crippen molar-refractivity contribution in [3.8, 4) is 0 Å². The van der Waals surface area contributed by atoms with E-state index in [1.807, 2.05) is 13.8 Å². The van der Waals surface area contributed by atoms with E-state index in [0.717, 1.165) is 25.9 Å². The first-order chi connectivity index (χ1) is 7.59. The van der Waals surface area contributed by atoms with E-state index in [-0.39, 0.29) is 12.3 Å². The van der Waals surface area contributed by atoms with E-state index in [1.54, 1.807) is 6.92 Å². The number of carbonyl (C=O) groups is 1. The molecule has 0 radical (unpaired) electrons. The predicted octanol–water partition coefficient (Wildman–Crippen LogP) is 2.12. The Bertz CT molecular complexity index is 209. The quantitative estimate of drug-likeness (QED) is 0.679. The molecule has 1 unspecified atom stereocenters. The van der Waals surface area contributed by atoms with Crippen LogP contribution in [-0.2, 0) is 19.0 Å². The number of ether oxygens (including phenoxy) is 3. The average Bonchev–Trinajstić information content (AvgIpc) is 2.27. The van der Waals surface area contributed by atoms with Gasteiger partial charge < -0.3 is 14.2 Å². The lowest BCUT2D eigenvalue weighted by atomic mass is 10.2. The van der Waals surface area contributed by atoms with E-state index in [0.29, 0.717) is 12.5 Å². The molecule has 4 heteroatoms. The fourth-order valence-electron chi connectivity index (χ4n) is 1.47. The zero-order valence-electron chi connectivity index (χ0n) is 10.4. The van der Waals surface area contributed by atoms with Crippen LogP contribution in [0.5, 0.6) is 0 Å². The molecule has 1 aliphatic heterocycles. The summed E-state index contributed by atoms with van der Waals surface area (Å²) in [7, 11) is 0. The Labute approximate surface area is 97.2 Å². The van der Waals surface area contributed by atoms with E-state index in [9.17, 15) is 4.79 Å². The molecule has 0 saturated carbocycles. The van der Waals surface area contributed by atoms with Gasteiger partial charge in [0.05, 0.1) is 6.61 Å². The first-order valence-corrected chi connectivity index (χ1v) is 6.03. The summed E-state index contributed by atoms with van der Waals surface area (Å²) in [6.45, 7) is 6.88. The third kappa shape index (κ3) is 4.94. The Morgan fingerprint density at radius 3 is 2.69 bits per heavy atom. The fraction of sp³-hybridized carbons (Fsp3) is 0.917. The van der Waals surface area contributed by atoms with Crippen molar-refractivity contribution >= 4 is 5.97 Å². The molecule has 1 heterocycles. The van der Waals surface area contributed by atoms with Crippen molar-refractivity contribution in [2.24, 2.45) is 5.92 Å². The van der Waals surface area contributed by atoms with Crippen molar-refractivity contribution < 1.29 is 19.0 Å². The van der Waals surface area contributed by atoms with Crippen LogP contribution in [0.3, 0.4) is 0 Å². The third-order valence-corrected chi connectivity index (χ3v) is 2.38. The summed E-state index contributed by atoms with van der Waals surface area (Å²) in [4.78, 5) is 11.5. The lowest BCUT2D eigenvalue weighted by molar-refractivity contribution is -0.201. The SMILES string of the molecule is CC(C)COC(=O)[C@@H](C)OC1CCCCO1. The first-order valence-electron chi connectivity index (χ1n) is 6.03. The molecule has 0 spiro atoms. The second-order valence-corrected chi connectivity index (χ2v) is 4.60. The number of carbonyl (C=O) groups excluding carboxylic acids is 1. The van der Waals surface area contributed by atoms with Gasteiger partial charge in [-0.1, -0.05) is 13.8 Å². The molecule has 1 rings (SSSR count). The van der Waals surface area contributed by atoms with Gasteiger partial charge in [0.25, 0.3) is 0 Å². The van der Waals surface area contributed by atoms with Crippen molar-refractivity contribution in [1.29, 1.82) is 0 Å². The monoisotopic (exact) mass is 230 g/mol. The van der Waals surface area contributed by atoms with Gasteiger partial charge >= 0.3 is 5.97 Å². The average molecular weight is 230 g/mol. The highest BCUT2D eigenvalue weighted by Crippen LogP contribution is 2.15. The van der Waals surface area contributed by atoms with E-state index in [1.165, 1.54) is 0 Å². The zero-order valence-corrected chi connectivity index (χ0v) is 10.4. The molecule has 0 aliphatic carbocycles. The molecule has 0 aromatic carbocycles. The van der Waals surface area contributed by atoms with Crippen LogP contribution in [0, 0.1) is 5.92 Å². The van der Waals surface area contributed by atoms with Crippen molar-refractivity contribution in [3.63, 3.8) is 0 Å². The molecular formula is C12H22O4. The van der Waals surface area contributed by atoms with E-state index in [4.69, 9.17) is 14.2 Å². The van der Waals surface area contributed by atoms with Gasteiger partial charge in [-0.05, 0) is 32.1 Å². The standard InChI is InChI=1S/C12H22O4/c1-9(2)8-15-12(13)10(3)16-11-6-4-5-7-14-11/h9-11H,4-8H2,1-3H3/t10-,11?/m1/s1. The summed E-state index contributed by atoms with van der Waals surface area (Å²) in [5.41, 5.74) is 0. The summed E-state index contributed by atoms with van der Waals surface area (Å²) < 4.78 is 16.0. The molecule has 1 saturated heterocycles. The smallest absolute Gasteiger partial charge is 0.335 e. The van der Waals surface area contributed by atoms with Crippen LogP contribution in [-0.4, -0.2) is 31.6 Å². The second-order valence-electron chi connectivity index (χ2n) is 4.60. The molecule has 0 bridgehead atoms. The summed E-state index contributed by atoms with van der Waals surface area (Å²) in [6, 6.07) is 0. The number of hydrogen-bond acceptors (Lipinski definition) is 4. The van der Waals surface area contributed by atoms with Crippen molar-refractivity contribution in [2.45, 2.75) is 52.4 Å². The summed E-state index contributed by atoms with van der Waals surface area (Å²) >= 11 is 0. The topological polar surface area (TPSA) is 44.8 Å². The largest absolute Gasteiger partial charge is 0.464 e. The first kappa shape index (κ1) is 13.5. The minimum atomic E-state index is -0.540. The van der Waals surface area contributed by atoms with Gasteiger partial charge in [-0.2, -0.15) is 0 Å². The molecule has 94 valence electrons. The highest BCUT2D eigenvalue weighted by atomic mass is 16.7. The third-order valence-electron chi connectivity index (χ3n) is 2.38. The van der Waals surface area contributed by atoms with E-state index in [2.05, 4.69) is 0 Å². The lowest BCUT2D eigenvalue weighted by Gasteiger charge is -2.25. The van der Waals surface area contributed by atoms with Crippen LogP contribution in [0.4, 0.5) is 0 Å².